The van der Waals surface area contributed by atoms with Gasteiger partial charge >= 0.3 is 0 Å². The fourth-order valence-corrected chi connectivity index (χ4v) is 6.54. The van der Waals surface area contributed by atoms with Crippen LogP contribution in [0.3, 0.4) is 0 Å². The minimum atomic E-state index is -3.91. The van der Waals surface area contributed by atoms with E-state index < -0.39 is 10.0 Å². The van der Waals surface area contributed by atoms with Crippen LogP contribution in [0.1, 0.15) is 16.8 Å². The van der Waals surface area contributed by atoms with Gasteiger partial charge in [0.2, 0.25) is 5.91 Å². The number of hydrogen-bond acceptors (Lipinski definition) is 6. The minimum Gasteiger partial charge on any atom is -0.325 e. The van der Waals surface area contributed by atoms with Crippen LogP contribution in [-0.4, -0.2) is 19.3 Å². The van der Waals surface area contributed by atoms with Gasteiger partial charge in [-0.2, -0.15) is 0 Å². The highest BCUT2D eigenvalue weighted by Crippen LogP contribution is 2.35. The monoisotopic (exact) mass is 465 g/mol. The quantitative estimate of drug-likeness (QED) is 0.561. The lowest BCUT2D eigenvalue weighted by molar-refractivity contribution is -0.115. The maximum absolute atomic E-state index is 12.9. The summed E-state index contributed by atoms with van der Waals surface area (Å²) in [4.78, 5) is 16.9. The van der Waals surface area contributed by atoms with E-state index in [0.717, 1.165) is 20.5 Å². The van der Waals surface area contributed by atoms with Crippen molar-refractivity contribution in [3.8, 4) is 0 Å². The summed E-state index contributed by atoms with van der Waals surface area (Å²) in [6.07, 6.45) is 0.135. The molecule has 2 aromatic carbocycles. The zero-order valence-electron chi connectivity index (χ0n) is 15.4. The van der Waals surface area contributed by atoms with E-state index in [2.05, 4.69) is 15.0 Å². The molecule has 1 aromatic heterocycles. The maximum atomic E-state index is 12.9. The number of aryl methyl sites for hydroxylation is 2. The van der Waals surface area contributed by atoms with Crippen molar-refractivity contribution >= 4 is 62.0 Å². The van der Waals surface area contributed by atoms with Crippen molar-refractivity contribution in [2.75, 3.05) is 10.0 Å². The Kier molecular flexibility index (Phi) is 5.32. The van der Waals surface area contributed by atoms with E-state index in [1.807, 2.05) is 31.4 Å². The molecule has 1 aliphatic heterocycles. The summed E-state index contributed by atoms with van der Waals surface area (Å²) in [6, 6.07) is 8.40. The van der Waals surface area contributed by atoms with Gasteiger partial charge in [-0.25, -0.2) is 13.4 Å². The molecule has 0 fully saturated rings. The molecule has 2 N–H and O–H groups in total. The molecule has 0 bridgehead atoms. The Bertz CT molecular complexity index is 1240. The van der Waals surface area contributed by atoms with Crippen molar-refractivity contribution in [3.63, 3.8) is 0 Å². The number of halogens is 1. The van der Waals surface area contributed by atoms with Crippen LogP contribution < -0.4 is 10.0 Å². The van der Waals surface area contributed by atoms with Crippen molar-refractivity contribution in [2.45, 2.75) is 34.4 Å². The highest BCUT2D eigenvalue weighted by Gasteiger charge is 2.25. The molecule has 3 aromatic rings. The summed E-state index contributed by atoms with van der Waals surface area (Å²) in [6.45, 7) is 3.78. The minimum absolute atomic E-state index is 0.0504. The number of thiazole rings is 1. The summed E-state index contributed by atoms with van der Waals surface area (Å²) in [7, 11) is -3.91. The molecule has 0 atom stereocenters. The summed E-state index contributed by atoms with van der Waals surface area (Å²) >= 11 is 9.29. The Morgan fingerprint density at radius 1 is 1.24 bits per heavy atom. The van der Waals surface area contributed by atoms with Crippen LogP contribution in [0, 0.1) is 13.8 Å². The fourth-order valence-electron chi connectivity index (χ4n) is 2.93. The van der Waals surface area contributed by atoms with Gasteiger partial charge in [-0.1, -0.05) is 23.4 Å². The van der Waals surface area contributed by atoms with Crippen LogP contribution in [0.25, 0.3) is 0 Å². The van der Waals surface area contributed by atoms with Crippen molar-refractivity contribution in [1.29, 1.82) is 0 Å². The Morgan fingerprint density at radius 3 is 2.72 bits per heavy atom. The van der Waals surface area contributed by atoms with Crippen molar-refractivity contribution in [2.24, 2.45) is 0 Å². The number of carbonyl (C=O) groups is 1. The van der Waals surface area contributed by atoms with Crippen molar-refractivity contribution in [1.82, 2.24) is 4.98 Å². The fraction of sp³-hybridized carbons (Fsp3) is 0.158. The summed E-state index contributed by atoms with van der Waals surface area (Å²) in [5.74, 6) is -0.182. The van der Waals surface area contributed by atoms with E-state index in [1.165, 1.54) is 23.9 Å². The lowest BCUT2D eigenvalue weighted by Gasteiger charge is -2.13. The molecule has 0 saturated carbocycles. The number of nitrogens with one attached hydrogen (secondary N) is 2. The Balaban J connectivity index is 1.58. The van der Waals surface area contributed by atoms with Crippen LogP contribution in [0.15, 0.2) is 49.8 Å². The normalized spacial score (nSPS) is 13.3. The second-order valence-electron chi connectivity index (χ2n) is 6.60. The summed E-state index contributed by atoms with van der Waals surface area (Å²) in [5.41, 5.74) is 3.38. The van der Waals surface area contributed by atoms with Gasteiger partial charge in [0, 0.05) is 21.7 Å². The number of rotatable bonds is 5. The zero-order chi connectivity index (χ0) is 20.8. The number of hydrogen-bond donors (Lipinski definition) is 2. The molecule has 1 amide bonds. The first-order valence-corrected chi connectivity index (χ1v) is 12.1. The SMILES string of the molecule is Cc1csc(Sc2ccc(NS(=O)(=O)c3cc4c(cc3Cl)NC(=O)C4)c(C)c2)n1. The highest BCUT2D eigenvalue weighted by atomic mass is 35.5. The molecule has 2 heterocycles. The third kappa shape index (κ3) is 4.28. The molecule has 0 aliphatic carbocycles. The number of aromatic nitrogens is 1. The van der Waals surface area contributed by atoms with E-state index in [0.29, 0.717) is 16.9 Å². The molecule has 1 aliphatic rings. The van der Waals surface area contributed by atoms with Crippen LogP contribution >= 0.6 is 34.7 Å². The predicted octanol–water partition coefficient (Wildman–Crippen LogP) is 4.86. The second kappa shape index (κ2) is 7.64. The number of carbonyl (C=O) groups excluding carboxylic acids is 1. The first-order chi connectivity index (χ1) is 13.7. The number of anilines is 2. The van der Waals surface area contributed by atoms with Crippen LogP contribution in [0.2, 0.25) is 5.02 Å². The molecule has 10 heteroatoms. The van der Waals surface area contributed by atoms with E-state index in [1.54, 1.807) is 17.4 Å². The number of amides is 1. The van der Waals surface area contributed by atoms with E-state index in [4.69, 9.17) is 11.6 Å². The molecular formula is C19H16ClN3O3S3. The molecule has 0 radical (unpaired) electrons. The van der Waals surface area contributed by atoms with Gasteiger partial charge in [-0.3, -0.25) is 9.52 Å². The van der Waals surface area contributed by atoms with E-state index in [9.17, 15) is 13.2 Å². The molecule has 150 valence electrons. The Hall–Kier alpha value is -2.07. The predicted molar refractivity (Wildman–Crippen MR) is 117 cm³/mol. The van der Waals surface area contributed by atoms with Gasteiger partial charge in [0.25, 0.3) is 10.0 Å². The average Bonchev–Trinajstić information content (AvgIpc) is 3.20. The van der Waals surface area contributed by atoms with Gasteiger partial charge in [-0.15, -0.1) is 11.3 Å². The zero-order valence-corrected chi connectivity index (χ0v) is 18.7. The lowest BCUT2D eigenvalue weighted by Crippen LogP contribution is -2.14. The highest BCUT2D eigenvalue weighted by molar-refractivity contribution is 8.01. The van der Waals surface area contributed by atoms with Crippen LogP contribution in [0.5, 0.6) is 0 Å². The van der Waals surface area contributed by atoms with Gasteiger partial charge in [0.15, 0.2) is 4.34 Å². The number of benzene rings is 2. The van der Waals surface area contributed by atoms with Gasteiger partial charge in [0.05, 0.1) is 17.1 Å². The molecule has 0 spiro atoms. The van der Waals surface area contributed by atoms with Crippen LogP contribution in [0.4, 0.5) is 11.4 Å². The molecule has 4 rings (SSSR count). The molecule has 0 unspecified atom stereocenters. The third-order valence-electron chi connectivity index (χ3n) is 4.32. The molecule has 29 heavy (non-hydrogen) atoms. The smallest absolute Gasteiger partial charge is 0.263 e. The Labute approximate surface area is 181 Å². The average molecular weight is 466 g/mol. The lowest BCUT2D eigenvalue weighted by atomic mass is 10.2. The van der Waals surface area contributed by atoms with Gasteiger partial charge < -0.3 is 5.32 Å². The standard InChI is InChI=1S/C19H16ClN3O3S3/c1-10-5-13(28-19-21-11(2)9-27-19)3-4-15(10)23-29(25,26)17-6-12-7-18(24)22-16(12)8-14(17)20/h3-6,8-9,23H,7H2,1-2H3,(H,22,24). The number of fused-ring (bicyclic) bond motifs is 1. The van der Waals surface area contributed by atoms with Gasteiger partial charge in [0.1, 0.15) is 4.90 Å². The largest absolute Gasteiger partial charge is 0.325 e. The van der Waals surface area contributed by atoms with Crippen LogP contribution in [-0.2, 0) is 21.2 Å². The van der Waals surface area contributed by atoms with Gasteiger partial charge in [-0.05, 0) is 55.3 Å². The van der Waals surface area contributed by atoms with E-state index >= 15 is 0 Å². The Morgan fingerprint density at radius 2 is 2.03 bits per heavy atom. The number of sulfonamides is 1. The van der Waals surface area contributed by atoms with Crippen molar-refractivity contribution < 1.29 is 13.2 Å². The first kappa shape index (κ1) is 20.2. The third-order valence-corrected chi connectivity index (χ3v) is 8.19. The number of nitrogens with zero attached hydrogens (tertiary/aromatic N) is 1. The first-order valence-electron chi connectivity index (χ1n) is 8.57. The maximum Gasteiger partial charge on any atom is 0.263 e. The summed E-state index contributed by atoms with van der Waals surface area (Å²) in [5, 5.41) is 4.70. The van der Waals surface area contributed by atoms with Crippen molar-refractivity contribution in [3.05, 3.63) is 57.6 Å². The topological polar surface area (TPSA) is 88.2 Å². The summed E-state index contributed by atoms with van der Waals surface area (Å²) < 4.78 is 29.4. The second-order valence-corrected chi connectivity index (χ2v) is 10.8. The van der Waals surface area contributed by atoms with E-state index in [-0.39, 0.29) is 22.2 Å². The molecular weight excluding hydrogens is 450 g/mol. The molecule has 0 saturated heterocycles. The molecule has 6 nitrogen and oxygen atoms in total.